The first-order valence-electron chi connectivity index (χ1n) is 5.51. The van der Waals surface area contributed by atoms with Gasteiger partial charge in [0.25, 0.3) is 5.91 Å². The molecule has 6 nitrogen and oxygen atoms in total. The minimum absolute atomic E-state index is 0.0786. The van der Waals surface area contributed by atoms with Gasteiger partial charge in [0.15, 0.2) is 5.75 Å². The van der Waals surface area contributed by atoms with Crippen molar-refractivity contribution < 1.29 is 22.7 Å². The first-order chi connectivity index (χ1) is 9.74. The maximum Gasteiger partial charge on any atom is 0.573 e. The van der Waals surface area contributed by atoms with Crippen molar-refractivity contribution in [2.24, 2.45) is 0 Å². The molecular formula is C11H9F3N4O2S. The SMILES string of the molecule is Cc1nnc(NC(=O)c2ccc(OC(F)(F)F)c(N)c2)s1. The van der Waals surface area contributed by atoms with E-state index < -0.39 is 18.0 Å². The lowest BCUT2D eigenvalue weighted by Crippen LogP contribution is -2.18. The Morgan fingerprint density at radius 2 is 2.10 bits per heavy atom. The van der Waals surface area contributed by atoms with Gasteiger partial charge in [0.05, 0.1) is 5.69 Å². The highest BCUT2D eigenvalue weighted by atomic mass is 32.1. The minimum Gasteiger partial charge on any atom is -0.404 e. The van der Waals surface area contributed by atoms with Crippen molar-refractivity contribution in [3.63, 3.8) is 0 Å². The molecule has 0 saturated heterocycles. The largest absolute Gasteiger partial charge is 0.573 e. The Hall–Kier alpha value is -2.36. The van der Waals surface area contributed by atoms with Crippen molar-refractivity contribution in [3.8, 4) is 5.75 Å². The minimum atomic E-state index is -4.85. The molecule has 1 aromatic carbocycles. The monoisotopic (exact) mass is 318 g/mol. The van der Waals surface area contributed by atoms with E-state index in [4.69, 9.17) is 5.73 Å². The van der Waals surface area contributed by atoms with Crippen LogP contribution in [0.1, 0.15) is 15.4 Å². The lowest BCUT2D eigenvalue weighted by molar-refractivity contribution is -0.274. The van der Waals surface area contributed by atoms with Crippen LogP contribution in [0.4, 0.5) is 24.0 Å². The number of rotatable bonds is 3. The number of nitrogen functional groups attached to an aromatic ring is 1. The van der Waals surface area contributed by atoms with Crippen LogP contribution in [0, 0.1) is 6.92 Å². The summed E-state index contributed by atoms with van der Waals surface area (Å²) in [4.78, 5) is 11.9. The molecule has 1 aromatic heterocycles. The van der Waals surface area contributed by atoms with E-state index in [1.807, 2.05) is 0 Å². The van der Waals surface area contributed by atoms with Gasteiger partial charge < -0.3 is 10.5 Å². The van der Waals surface area contributed by atoms with Gasteiger partial charge >= 0.3 is 6.36 Å². The van der Waals surface area contributed by atoms with E-state index in [2.05, 4.69) is 20.3 Å². The molecule has 2 aromatic rings. The van der Waals surface area contributed by atoms with Gasteiger partial charge in [0.1, 0.15) is 5.01 Å². The molecule has 21 heavy (non-hydrogen) atoms. The molecule has 1 heterocycles. The summed E-state index contributed by atoms with van der Waals surface area (Å²) in [6, 6.07) is 3.23. The van der Waals surface area contributed by atoms with Gasteiger partial charge in [-0.05, 0) is 25.1 Å². The molecule has 112 valence electrons. The number of carbonyl (C=O) groups excluding carboxylic acids is 1. The Morgan fingerprint density at radius 1 is 1.38 bits per heavy atom. The van der Waals surface area contributed by atoms with Gasteiger partial charge in [-0.1, -0.05) is 11.3 Å². The molecule has 0 saturated carbocycles. The molecule has 0 atom stereocenters. The predicted octanol–water partition coefficient (Wildman–Crippen LogP) is 2.58. The van der Waals surface area contributed by atoms with E-state index in [1.54, 1.807) is 6.92 Å². The molecule has 0 aliphatic rings. The molecule has 0 spiro atoms. The van der Waals surface area contributed by atoms with Crippen LogP contribution in [0.5, 0.6) is 5.75 Å². The lowest BCUT2D eigenvalue weighted by atomic mass is 10.2. The zero-order valence-electron chi connectivity index (χ0n) is 10.6. The number of hydrogen-bond donors (Lipinski definition) is 2. The Kier molecular flexibility index (Phi) is 3.98. The number of nitrogens with two attached hydrogens (primary N) is 1. The Bertz CT molecular complexity index is 672. The molecule has 0 bridgehead atoms. The summed E-state index contributed by atoms with van der Waals surface area (Å²) >= 11 is 1.17. The summed E-state index contributed by atoms with van der Waals surface area (Å²) in [6.07, 6.45) is -4.85. The number of ether oxygens (including phenoxy) is 1. The van der Waals surface area contributed by atoms with Gasteiger partial charge in [-0.2, -0.15) is 0 Å². The van der Waals surface area contributed by atoms with E-state index >= 15 is 0 Å². The lowest BCUT2D eigenvalue weighted by Gasteiger charge is -2.11. The summed E-state index contributed by atoms with van der Waals surface area (Å²) < 4.78 is 40.0. The normalized spacial score (nSPS) is 11.2. The van der Waals surface area contributed by atoms with Crippen molar-refractivity contribution in [1.29, 1.82) is 0 Å². The second kappa shape index (κ2) is 5.56. The van der Waals surface area contributed by atoms with E-state index in [9.17, 15) is 18.0 Å². The van der Waals surface area contributed by atoms with Gasteiger partial charge in [-0.15, -0.1) is 23.4 Å². The van der Waals surface area contributed by atoms with E-state index in [-0.39, 0.29) is 16.4 Å². The fraction of sp³-hybridized carbons (Fsp3) is 0.182. The number of nitrogens with zero attached hydrogens (tertiary/aromatic N) is 2. The van der Waals surface area contributed by atoms with Crippen molar-refractivity contribution in [2.75, 3.05) is 11.1 Å². The highest BCUT2D eigenvalue weighted by Gasteiger charge is 2.32. The van der Waals surface area contributed by atoms with Crippen LogP contribution < -0.4 is 15.8 Å². The maximum atomic E-state index is 12.1. The van der Waals surface area contributed by atoms with E-state index in [0.717, 1.165) is 12.1 Å². The summed E-state index contributed by atoms with van der Waals surface area (Å²) in [5.41, 5.74) is 5.21. The molecule has 10 heteroatoms. The Labute approximate surface area is 120 Å². The summed E-state index contributed by atoms with van der Waals surface area (Å²) in [7, 11) is 0. The van der Waals surface area contributed by atoms with Gasteiger partial charge in [0, 0.05) is 5.56 Å². The number of aromatic nitrogens is 2. The average molecular weight is 318 g/mol. The molecule has 0 aliphatic carbocycles. The second-order valence-electron chi connectivity index (χ2n) is 3.88. The van der Waals surface area contributed by atoms with Gasteiger partial charge in [0.2, 0.25) is 5.13 Å². The van der Waals surface area contributed by atoms with Gasteiger partial charge in [-0.3, -0.25) is 10.1 Å². The number of alkyl halides is 3. The van der Waals surface area contributed by atoms with Crippen molar-refractivity contribution in [3.05, 3.63) is 28.8 Å². The van der Waals surface area contributed by atoms with Crippen LogP contribution >= 0.6 is 11.3 Å². The number of aryl methyl sites for hydroxylation is 1. The Morgan fingerprint density at radius 3 is 2.62 bits per heavy atom. The fourth-order valence-electron chi connectivity index (χ4n) is 1.42. The van der Waals surface area contributed by atoms with Crippen LogP contribution in [0.25, 0.3) is 0 Å². The molecule has 3 N–H and O–H groups in total. The third-order valence-corrected chi connectivity index (χ3v) is 3.00. The molecule has 0 fully saturated rings. The zero-order valence-corrected chi connectivity index (χ0v) is 11.4. The third-order valence-electron chi connectivity index (χ3n) is 2.24. The zero-order chi connectivity index (χ0) is 15.6. The van der Waals surface area contributed by atoms with Crippen LogP contribution in [0.15, 0.2) is 18.2 Å². The third kappa shape index (κ3) is 4.05. The standard InChI is InChI=1S/C11H9F3N4O2S/c1-5-17-18-10(21-5)16-9(19)6-2-3-8(7(15)4-6)20-11(12,13)14/h2-4H,15H2,1H3,(H,16,18,19). The number of carbonyl (C=O) groups is 1. The topological polar surface area (TPSA) is 90.1 Å². The first-order valence-corrected chi connectivity index (χ1v) is 6.33. The van der Waals surface area contributed by atoms with Crippen LogP contribution in [0.2, 0.25) is 0 Å². The molecular weight excluding hydrogens is 309 g/mol. The summed E-state index contributed by atoms with van der Waals surface area (Å²) in [6.45, 7) is 1.72. The number of amides is 1. The maximum absolute atomic E-state index is 12.1. The van der Waals surface area contributed by atoms with Crippen LogP contribution in [-0.2, 0) is 0 Å². The number of hydrogen-bond acceptors (Lipinski definition) is 6. The fourth-order valence-corrected chi connectivity index (χ4v) is 2.01. The number of nitrogens with one attached hydrogen (secondary N) is 1. The van der Waals surface area contributed by atoms with Crippen LogP contribution in [0.3, 0.4) is 0 Å². The average Bonchev–Trinajstić information content (AvgIpc) is 2.75. The molecule has 2 rings (SSSR count). The molecule has 0 aliphatic heterocycles. The van der Waals surface area contributed by atoms with Crippen molar-refractivity contribution >= 4 is 28.1 Å². The number of anilines is 2. The van der Waals surface area contributed by atoms with E-state index in [1.165, 1.54) is 17.4 Å². The second-order valence-corrected chi connectivity index (χ2v) is 5.06. The van der Waals surface area contributed by atoms with Crippen LogP contribution in [-0.4, -0.2) is 22.5 Å². The van der Waals surface area contributed by atoms with E-state index in [0.29, 0.717) is 5.01 Å². The van der Waals surface area contributed by atoms with Crippen molar-refractivity contribution in [2.45, 2.75) is 13.3 Å². The van der Waals surface area contributed by atoms with Gasteiger partial charge in [-0.25, -0.2) is 0 Å². The molecule has 1 amide bonds. The smallest absolute Gasteiger partial charge is 0.404 e. The predicted molar refractivity (Wildman–Crippen MR) is 70.1 cm³/mol. The number of benzene rings is 1. The molecule has 0 radical (unpaired) electrons. The summed E-state index contributed by atoms with van der Waals surface area (Å²) in [5.74, 6) is -1.12. The first kappa shape index (κ1) is 15.0. The quantitative estimate of drug-likeness (QED) is 0.849. The summed E-state index contributed by atoms with van der Waals surface area (Å²) in [5, 5.41) is 10.8. The van der Waals surface area contributed by atoms with Crippen molar-refractivity contribution in [1.82, 2.24) is 10.2 Å². The highest BCUT2D eigenvalue weighted by Crippen LogP contribution is 2.29. The Balaban J connectivity index is 2.14. The number of halogens is 3. The highest BCUT2D eigenvalue weighted by molar-refractivity contribution is 7.15. The molecule has 0 unspecified atom stereocenters.